The number of hydrogen-bond donors (Lipinski definition) is 0. The second-order valence-electron chi connectivity index (χ2n) is 7.55. The average molecular weight is 367 g/mol. The maximum atomic E-state index is 12.9. The lowest BCUT2D eigenvalue weighted by Gasteiger charge is -2.31. The lowest BCUT2D eigenvalue weighted by Crippen LogP contribution is -2.34. The molecular formula is C22H30N4O. The predicted molar refractivity (Wildman–Crippen MR) is 110 cm³/mol. The Balaban J connectivity index is 1.94. The van der Waals surface area contributed by atoms with E-state index in [9.17, 15) is 4.79 Å². The number of amides is 1. The third kappa shape index (κ3) is 4.85. The van der Waals surface area contributed by atoms with Crippen molar-refractivity contribution in [2.24, 2.45) is 5.92 Å². The molecule has 2 aromatic rings. The SMILES string of the molecule is CCCCN(C)C(=O)c1cc(N2CCC(C)CC2)nc(-c2ccccc2)n1. The molecule has 0 N–H and O–H groups in total. The molecule has 1 saturated heterocycles. The summed E-state index contributed by atoms with van der Waals surface area (Å²) >= 11 is 0. The van der Waals surface area contributed by atoms with Crippen molar-refractivity contribution < 1.29 is 4.79 Å². The van der Waals surface area contributed by atoms with E-state index in [1.807, 2.05) is 43.4 Å². The van der Waals surface area contributed by atoms with Gasteiger partial charge in [0, 0.05) is 38.3 Å². The fraction of sp³-hybridized carbons (Fsp3) is 0.500. The van der Waals surface area contributed by atoms with E-state index in [1.165, 1.54) is 0 Å². The molecular weight excluding hydrogens is 336 g/mol. The first-order chi connectivity index (χ1) is 13.1. The Labute approximate surface area is 162 Å². The van der Waals surface area contributed by atoms with Crippen LogP contribution in [0.1, 0.15) is 50.0 Å². The Bertz CT molecular complexity index is 754. The molecule has 1 fully saturated rings. The molecule has 0 spiro atoms. The van der Waals surface area contributed by atoms with Crippen molar-refractivity contribution in [1.82, 2.24) is 14.9 Å². The molecule has 27 heavy (non-hydrogen) atoms. The number of nitrogens with zero attached hydrogens (tertiary/aromatic N) is 4. The van der Waals surface area contributed by atoms with Crippen LogP contribution >= 0.6 is 0 Å². The maximum Gasteiger partial charge on any atom is 0.272 e. The Morgan fingerprint density at radius 3 is 2.56 bits per heavy atom. The average Bonchev–Trinajstić information content (AvgIpc) is 2.72. The largest absolute Gasteiger partial charge is 0.356 e. The minimum atomic E-state index is -0.0327. The lowest BCUT2D eigenvalue weighted by atomic mass is 9.99. The zero-order chi connectivity index (χ0) is 19.2. The first-order valence-electron chi connectivity index (χ1n) is 10.0. The molecule has 5 heteroatoms. The lowest BCUT2D eigenvalue weighted by molar-refractivity contribution is 0.0787. The highest BCUT2D eigenvalue weighted by atomic mass is 16.2. The van der Waals surface area contributed by atoms with E-state index in [0.29, 0.717) is 11.5 Å². The van der Waals surface area contributed by atoms with Crippen LogP contribution in [0.5, 0.6) is 0 Å². The predicted octanol–water partition coefficient (Wildman–Crippen LogP) is 4.25. The van der Waals surface area contributed by atoms with E-state index in [-0.39, 0.29) is 5.91 Å². The zero-order valence-electron chi connectivity index (χ0n) is 16.7. The summed E-state index contributed by atoms with van der Waals surface area (Å²) in [5.41, 5.74) is 1.42. The molecule has 1 amide bonds. The second kappa shape index (κ2) is 8.98. The number of hydrogen-bond acceptors (Lipinski definition) is 4. The summed E-state index contributed by atoms with van der Waals surface area (Å²) in [6.07, 6.45) is 4.37. The van der Waals surface area contributed by atoms with E-state index in [0.717, 1.165) is 62.6 Å². The fourth-order valence-corrected chi connectivity index (χ4v) is 3.35. The van der Waals surface area contributed by atoms with Gasteiger partial charge in [0.25, 0.3) is 5.91 Å². The zero-order valence-corrected chi connectivity index (χ0v) is 16.7. The fourth-order valence-electron chi connectivity index (χ4n) is 3.35. The van der Waals surface area contributed by atoms with Crippen molar-refractivity contribution in [1.29, 1.82) is 0 Å². The number of carbonyl (C=O) groups is 1. The number of aromatic nitrogens is 2. The molecule has 1 aromatic heterocycles. The van der Waals surface area contributed by atoms with E-state index < -0.39 is 0 Å². The molecule has 3 rings (SSSR count). The number of piperidine rings is 1. The van der Waals surface area contributed by atoms with Crippen LogP contribution < -0.4 is 4.90 Å². The van der Waals surface area contributed by atoms with Gasteiger partial charge in [0.2, 0.25) is 0 Å². The second-order valence-corrected chi connectivity index (χ2v) is 7.55. The molecule has 1 aromatic carbocycles. The van der Waals surface area contributed by atoms with Crippen molar-refractivity contribution in [3.63, 3.8) is 0 Å². The van der Waals surface area contributed by atoms with Crippen LogP contribution in [0.3, 0.4) is 0 Å². The van der Waals surface area contributed by atoms with Crippen molar-refractivity contribution in [2.45, 2.75) is 39.5 Å². The van der Waals surface area contributed by atoms with E-state index >= 15 is 0 Å². The summed E-state index contributed by atoms with van der Waals surface area (Å²) in [6, 6.07) is 11.8. The smallest absolute Gasteiger partial charge is 0.272 e. The van der Waals surface area contributed by atoms with Crippen LogP contribution in [-0.2, 0) is 0 Å². The molecule has 144 valence electrons. The van der Waals surface area contributed by atoms with Gasteiger partial charge >= 0.3 is 0 Å². The van der Waals surface area contributed by atoms with Crippen LogP contribution in [0, 0.1) is 5.92 Å². The Hall–Kier alpha value is -2.43. The summed E-state index contributed by atoms with van der Waals surface area (Å²) in [5.74, 6) is 2.20. The van der Waals surface area contributed by atoms with Crippen molar-refractivity contribution in [3.8, 4) is 11.4 Å². The number of rotatable bonds is 6. The van der Waals surface area contributed by atoms with Gasteiger partial charge in [0.15, 0.2) is 5.82 Å². The summed E-state index contributed by atoms with van der Waals surface area (Å²) in [5, 5.41) is 0. The van der Waals surface area contributed by atoms with Crippen LogP contribution in [0.15, 0.2) is 36.4 Å². The minimum Gasteiger partial charge on any atom is -0.356 e. The van der Waals surface area contributed by atoms with Gasteiger partial charge in [-0.2, -0.15) is 0 Å². The van der Waals surface area contributed by atoms with Crippen molar-refractivity contribution in [3.05, 3.63) is 42.1 Å². The molecule has 0 aliphatic carbocycles. The number of anilines is 1. The topological polar surface area (TPSA) is 49.3 Å². The molecule has 0 radical (unpaired) electrons. The van der Waals surface area contributed by atoms with Gasteiger partial charge in [-0.25, -0.2) is 9.97 Å². The van der Waals surface area contributed by atoms with E-state index in [2.05, 4.69) is 23.7 Å². The normalized spacial score (nSPS) is 15.0. The monoisotopic (exact) mass is 366 g/mol. The van der Waals surface area contributed by atoms with Gasteiger partial charge < -0.3 is 9.80 Å². The summed E-state index contributed by atoms with van der Waals surface area (Å²) in [4.78, 5) is 26.4. The van der Waals surface area contributed by atoms with Crippen LogP contribution in [0.4, 0.5) is 5.82 Å². The molecule has 0 saturated carbocycles. The third-order valence-corrected chi connectivity index (χ3v) is 5.27. The van der Waals surface area contributed by atoms with Gasteiger partial charge in [-0.3, -0.25) is 4.79 Å². The maximum absolute atomic E-state index is 12.9. The first-order valence-corrected chi connectivity index (χ1v) is 10.0. The standard InChI is InChI=1S/C22H30N4O/c1-4-5-13-25(3)22(27)19-16-20(26-14-11-17(2)12-15-26)24-21(23-19)18-9-7-6-8-10-18/h6-10,16-17H,4-5,11-15H2,1-3H3. The highest BCUT2D eigenvalue weighted by Crippen LogP contribution is 2.25. The van der Waals surface area contributed by atoms with Gasteiger partial charge in [-0.05, 0) is 25.2 Å². The number of carbonyl (C=O) groups excluding carboxylic acids is 1. The summed E-state index contributed by atoms with van der Waals surface area (Å²) < 4.78 is 0. The molecule has 0 bridgehead atoms. The molecule has 1 aliphatic heterocycles. The van der Waals surface area contributed by atoms with Crippen LogP contribution in [-0.4, -0.2) is 47.5 Å². The van der Waals surface area contributed by atoms with Crippen LogP contribution in [0.2, 0.25) is 0 Å². The van der Waals surface area contributed by atoms with Crippen molar-refractivity contribution in [2.75, 3.05) is 31.6 Å². The Morgan fingerprint density at radius 1 is 1.19 bits per heavy atom. The van der Waals surface area contributed by atoms with E-state index in [4.69, 9.17) is 4.98 Å². The number of benzene rings is 1. The molecule has 0 unspecified atom stereocenters. The van der Waals surface area contributed by atoms with E-state index in [1.54, 1.807) is 4.90 Å². The quantitative estimate of drug-likeness (QED) is 0.767. The van der Waals surface area contributed by atoms with Crippen molar-refractivity contribution >= 4 is 11.7 Å². The molecule has 2 heterocycles. The minimum absolute atomic E-state index is 0.0327. The molecule has 1 aliphatic rings. The summed E-state index contributed by atoms with van der Waals surface area (Å²) in [6.45, 7) is 7.13. The molecule has 0 atom stereocenters. The highest BCUT2D eigenvalue weighted by Gasteiger charge is 2.21. The van der Waals surface area contributed by atoms with Gasteiger partial charge in [0.1, 0.15) is 11.5 Å². The third-order valence-electron chi connectivity index (χ3n) is 5.27. The van der Waals surface area contributed by atoms with Gasteiger partial charge in [-0.1, -0.05) is 50.6 Å². The first kappa shape index (κ1) is 19.3. The van der Waals surface area contributed by atoms with Gasteiger partial charge in [0.05, 0.1) is 0 Å². The highest BCUT2D eigenvalue weighted by molar-refractivity contribution is 5.93. The Kier molecular flexibility index (Phi) is 6.43. The summed E-state index contributed by atoms with van der Waals surface area (Å²) in [7, 11) is 1.85. The molecule has 5 nitrogen and oxygen atoms in total. The van der Waals surface area contributed by atoms with Gasteiger partial charge in [-0.15, -0.1) is 0 Å². The number of unbranched alkanes of at least 4 members (excludes halogenated alkanes) is 1. The Morgan fingerprint density at radius 2 is 1.89 bits per heavy atom. The van der Waals surface area contributed by atoms with Crippen LogP contribution in [0.25, 0.3) is 11.4 Å².